The molecule has 18 aromatic carbocycles. The zero-order valence-corrected chi connectivity index (χ0v) is 78.8. The summed E-state index contributed by atoms with van der Waals surface area (Å²) >= 11 is 0. The number of hydrogen-bond donors (Lipinski definition) is 0. The van der Waals surface area contributed by atoms with E-state index in [1.165, 1.54) is 16.7 Å². The van der Waals surface area contributed by atoms with Crippen LogP contribution in [0.15, 0.2) is 413 Å². The summed E-state index contributed by atoms with van der Waals surface area (Å²) in [6, 6.07) is 152. The zero-order valence-electron chi connectivity index (χ0n) is 78.8. The van der Waals surface area contributed by atoms with E-state index in [-0.39, 0.29) is 0 Å². The van der Waals surface area contributed by atoms with E-state index >= 15 is 0 Å². The highest BCUT2D eigenvalue weighted by molar-refractivity contribution is 6.15. The van der Waals surface area contributed by atoms with Crippen LogP contribution in [0.25, 0.3) is 228 Å². The molecule has 0 radical (unpaired) electrons. The Morgan fingerprint density at radius 2 is 0.592 bits per heavy atom. The van der Waals surface area contributed by atoms with Crippen LogP contribution in [0, 0.1) is 75.5 Å². The number of benzene rings is 18. The average Bonchev–Trinajstić information content (AvgIpc) is 1.58. The van der Waals surface area contributed by atoms with Gasteiger partial charge in [-0.05, 0) is 258 Å². The second kappa shape index (κ2) is 35.6. The predicted octanol–water partition coefficient (Wildman–Crippen LogP) is 32.1. The molecule has 0 spiro atoms. The molecule has 24 rings (SSSR count). The van der Waals surface area contributed by atoms with E-state index in [4.69, 9.17) is 29.9 Å². The van der Waals surface area contributed by atoms with E-state index in [0.29, 0.717) is 57.7 Å². The summed E-state index contributed by atoms with van der Waals surface area (Å²) < 4.78 is 6.97. The van der Waals surface area contributed by atoms with Gasteiger partial charge in [-0.15, -0.1) is 0 Å². The van der Waals surface area contributed by atoms with Crippen molar-refractivity contribution in [3.8, 4) is 181 Å². The molecule has 6 aromatic heterocycles. The van der Waals surface area contributed by atoms with E-state index in [1.54, 1.807) is 0 Å². The third-order valence-corrected chi connectivity index (χ3v) is 28.0. The van der Waals surface area contributed by atoms with E-state index in [0.717, 1.165) is 222 Å². The molecule has 0 amide bonds. The lowest BCUT2D eigenvalue weighted by molar-refractivity contribution is 1.01. The summed E-state index contributed by atoms with van der Waals surface area (Å²) in [5, 5.41) is 41.1. The Labute approximate surface area is 822 Å². The molecule has 0 unspecified atom stereocenters. The van der Waals surface area contributed by atoms with Crippen molar-refractivity contribution in [1.29, 1.82) is 15.8 Å². The largest absolute Gasteiger partial charge is 0.309 e. The molecule has 142 heavy (non-hydrogen) atoms. The number of aryl methyl sites for hydroxylation is 6. The summed E-state index contributed by atoms with van der Waals surface area (Å²) in [5.74, 6) is 1.79. The van der Waals surface area contributed by atoms with Gasteiger partial charge in [0.2, 0.25) is 0 Å². The Morgan fingerprint density at radius 3 is 1.11 bits per heavy atom. The molecule has 0 N–H and O–H groups in total. The van der Waals surface area contributed by atoms with Gasteiger partial charge in [-0.1, -0.05) is 297 Å². The summed E-state index contributed by atoms with van der Waals surface area (Å²) in [7, 11) is 0. The fourth-order valence-electron chi connectivity index (χ4n) is 21.2. The molecule has 0 fully saturated rings. The highest BCUT2D eigenvalue weighted by Crippen LogP contribution is 2.49. The second-order valence-electron chi connectivity index (χ2n) is 36.8. The number of nitriles is 3. The minimum atomic E-state index is 0.379. The molecule has 0 aliphatic rings. The molecule has 0 atom stereocenters. The van der Waals surface area contributed by atoms with Crippen LogP contribution in [0.3, 0.4) is 0 Å². The van der Waals surface area contributed by atoms with Gasteiger partial charge in [0.25, 0.3) is 0 Å². The fraction of sp³-hybridized carbons (Fsp3) is 0.0538. The SMILES string of the molecule is Cc1cc(-c2cc(-c3ccc(-c4ccc5c(c4)c4cc(-c6ccccc6C)ccc4n5-c4cc(C#N)ccc4-c4cc(-c5ccccc5)nc(-c5ccccc5)n4)c(C)c3)c(C#N)cc2-n2c3cc(-c4ccccc4C)ccc3c3ccc(-c4ccccc4Cc4cc(-c5cc(-c6ccccc6)nc(-c6ccccc6)n5)c(-n5c6ccccc6c6cc(-c7ccccc7C)ccc65)cc4C#N)cc32)nc(C)n1. The lowest BCUT2D eigenvalue weighted by Gasteiger charge is -2.19. The highest BCUT2D eigenvalue weighted by atomic mass is 15.0. The van der Waals surface area contributed by atoms with Crippen LogP contribution < -0.4 is 0 Å². The van der Waals surface area contributed by atoms with Crippen LogP contribution in [0.1, 0.15) is 61.6 Å². The number of fused-ring (bicyclic) bond motifs is 9. The highest BCUT2D eigenvalue weighted by Gasteiger charge is 2.29. The summed E-state index contributed by atoms with van der Waals surface area (Å²) in [5.41, 5.74) is 38.9. The maximum absolute atomic E-state index is 12.1. The van der Waals surface area contributed by atoms with Crippen molar-refractivity contribution in [2.45, 2.75) is 48.0 Å². The molecule has 24 aromatic rings. The first-order valence-electron chi connectivity index (χ1n) is 47.8. The lowest BCUT2D eigenvalue weighted by atomic mass is 9.90. The van der Waals surface area contributed by atoms with Crippen LogP contribution in [0.2, 0.25) is 0 Å². The van der Waals surface area contributed by atoms with Crippen LogP contribution in [0.5, 0.6) is 0 Å². The Balaban J connectivity index is 0.659. The van der Waals surface area contributed by atoms with Crippen molar-refractivity contribution in [3.05, 3.63) is 474 Å². The van der Waals surface area contributed by atoms with Crippen LogP contribution in [-0.2, 0) is 6.42 Å². The minimum absolute atomic E-state index is 0.379. The third kappa shape index (κ3) is 15.4. The van der Waals surface area contributed by atoms with Crippen molar-refractivity contribution in [2.24, 2.45) is 0 Å². The fourth-order valence-corrected chi connectivity index (χ4v) is 21.2. The molecule has 0 saturated carbocycles. The quantitative estimate of drug-likeness (QED) is 0.0813. The van der Waals surface area contributed by atoms with Crippen molar-refractivity contribution in [3.63, 3.8) is 0 Å². The van der Waals surface area contributed by atoms with Gasteiger partial charge in [0, 0.05) is 82.5 Å². The Morgan fingerprint density at radius 1 is 0.211 bits per heavy atom. The third-order valence-electron chi connectivity index (χ3n) is 28.0. The first kappa shape index (κ1) is 86.0. The summed E-state index contributed by atoms with van der Waals surface area (Å²) in [6.45, 7) is 12.6. The maximum Gasteiger partial charge on any atom is 0.160 e. The zero-order chi connectivity index (χ0) is 95.9. The van der Waals surface area contributed by atoms with Crippen LogP contribution >= 0.6 is 0 Å². The summed E-state index contributed by atoms with van der Waals surface area (Å²) in [4.78, 5) is 31.6. The monoisotopic (exact) mass is 1820 g/mol. The Bertz CT molecular complexity index is 9290. The van der Waals surface area contributed by atoms with Gasteiger partial charge in [0.05, 0.1) is 114 Å². The first-order chi connectivity index (χ1) is 69.7. The molecule has 12 heteroatoms. The van der Waals surface area contributed by atoms with Gasteiger partial charge in [-0.3, -0.25) is 0 Å². The van der Waals surface area contributed by atoms with Crippen molar-refractivity contribution in [2.75, 3.05) is 0 Å². The second-order valence-corrected chi connectivity index (χ2v) is 36.8. The van der Waals surface area contributed by atoms with Crippen molar-refractivity contribution in [1.82, 2.24) is 43.6 Å². The number of para-hydroxylation sites is 1. The standard InChI is InChI=1S/C130H88N12/c1-79-29-19-23-41-100(79)92-51-58-121-110(65-92)105-45-27-28-46-120(105)140(121)127-71-98(77-132)97(68-113(127)119-75-116(87-34-13-8-14-35-87)137-130(139-119)89-38-17-10-18-39-89)64-90-40-22-26-44-104(90)96-50-57-107-106-56-49-95(102-43-25-21-31-81(102)3)69-125(106)142(126(107)70-96)128-72-99(78-133)109(73-114(128)117-62-83(5)134-84(6)135-117)91-48-55-103(82(4)61-91)94-53-60-123-112(67-94)111-66-93(101-42-24-20-30-80(101)2)52-59-122(111)141(123)124-63-85(76-131)47-54-108(124)118-74-115(86-32-11-7-12-33-86)136-129(138-118)88-36-15-9-16-37-88/h7-63,65-75H,64H2,1-6H3. The van der Waals surface area contributed by atoms with Crippen molar-refractivity contribution < 1.29 is 0 Å². The minimum Gasteiger partial charge on any atom is -0.309 e. The molecule has 12 nitrogen and oxygen atoms in total. The lowest BCUT2D eigenvalue weighted by Crippen LogP contribution is -2.05. The number of nitrogens with zero attached hydrogens (tertiary/aromatic N) is 12. The van der Waals surface area contributed by atoms with Gasteiger partial charge in [0.15, 0.2) is 11.6 Å². The van der Waals surface area contributed by atoms with Crippen molar-refractivity contribution >= 4 is 65.4 Å². The predicted molar refractivity (Wildman–Crippen MR) is 579 cm³/mol. The smallest absolute Gasteiger partial charge is 0.160 e. The topological polar surface area (TPSA) is 164 Å². The van der Waals surface area contributed by atoms with Gasteiger partial charge >= 0.3 is 0 Å². The molecular weight excluding hydrogens is 1730 g/mol. The first-order valence-corrected chi connectivity index (χ1v) is 47.8. The van der Waals surface area contributed by atoms with Gasteiger partial charge < -0.3 is 13.7 Å². The molecule has 0 aliphatic heterocycles. The normalized spacial score (nSPS) is 11.5. The van der Waals surface area contributed by atoms with Crippen LogP contribution in [0.4, 0.5) is 0 Å². The number of aromatic nitrogens is 9. The molecule has 0 saturated heterocycles. The average molecular weight is 1820 g/mol. The molecule has 0 aliphatic carbocycles. The van der Waals surface area contributed by atoms with Gasteiger partial charge in [-0.25, -0.2) is 29.9 Å². The van der Waals surface area contributed by atoms with E-state index in [2.05, 4.69) is 369 Å². The molecule has 0 bridgehead atoms. The Kier molecular flexibility index (Phi) is 21.6. The number of rotatable bonds is 18. The van der Waals surface area contributed by atoms with Crippen LogP contribution in [-0.4, -0.2) is 43.6 Å². The van der Waals surface area contributed by atoms with E-state index in [1.807, 2.05) is 117 Å². The maximum atomic E-state index is 12.1. The Hall–Kier alpha value is -18.9. The molecule has 668 valence electrons. The van der Waals surface area contributed by atoms with Gasteiger partial charge in [-0.2, -0.15) is 15.8 Å². The van der Waals surface area contributed by atoms with Gasteiger partial charge in [0.1, 0.15) is 5.82 Å². The molecule has 6 heterocycles. The number of hydrogen-bond acceptors (Lipinski definition) is 9. The van der Waals surface area contributed by atoms with E-state index in [9.17, 15) is 15.8 Å². The molecular formula is C130H88N12. The summed E-state index contributed by atoms with van der Waals surface area (Å²) in [6.07, 6.45) is 0.379. The van der Waals surface area contributed by atoms with E-state index < -0.39 is 0 Å².